The Morgan fingerprint density at radius 3 is 3.12 bits per heavy atom. The number of β-amino-alcohol motifs (C(OH)–C–C–N with tert-alkyl or cyclic N) is 1. The van der Waals surface area contributed by atoms with Crippen LogP contribution in [0.15, 0.2) is 36.5 Å². The lowest BCUT2D eigenvalue weighted by Crippen LogP contribution is -2.46. The maximum Gasteiger partial charge on any atom is 0.128 e. The number of carboxylic acids is 1. The van der Waals surface area contributed by atoms with Crippen LogP contribution < -0.4 is 9.84 Å². The summed E-state index contributed by atoms with van der Waals surface area (Å²) in [4.78, 5) is 17.2. The van der Waals surface area contributed by atoms with Crippen LogP contribution in [0.5, 0.6) is 5.75 Å². The molecule has 0 aliphatic carbocycles. The van der Waals surface area contributed by atoms with E-state index in [0.29, 0.717) is 25.3 Å². The fourth-order valence-corrected chi connectivity index (χ4v) is 3.15. The van der Waals surface area contributed by atoms with Crippen LogP contribution in [0.4, 0.5) is 0 Å². The number of fused-ring (bicyclic) bond motifs is 1. The highest BCUT2D eigenvalue weighted by Crippen LogP contribution is 2.24. The predicted molar refractivity (Wildman–Crippen MR) is 87.4 cm³/mol. The molecule has 1 N–H and O–H groups in total. The van der Waals surface area contributed by atoms with Crippen molar-refractivity contribution in [3.8, 4) is 5.75 Å². The van der Waals surface area contributed by atoms with Gasteiger partial charge in [0.15, 0.2) is 0 Å². The number of likely N-dealkylation sites (tertiary alicyclic amines) is 1. The molecule has 24 heavy (non-hydrogen) atoms. The van der Waals surface area contributed by atoms with Crippen LogP contribution in [-0.2, 0) is 4.79 Å². The van der Waals surface area contributed by atoms with E-state index in [2.05, 4.69) is 4.98 Å². The molecule has 0 bridgehead atoms. The molecule has 0 radical (unpaired) electrons. The van der Waals surface area contributed by atoms with Crippen molar-refractivity contribution in [1.29, 1.82) is 0 Å². The third-order valence-electron chi connectivity index (χ3n) is 4.34. The first-order valence-corrected chi connectivity index (χ1v) is 8.21. The van der Waals surface area contributed by atoms with Crippen LogP contribution in [0.2, 0.25) is 0 Å². The fraction of sp³-hybridized carbons (Fsp3) is 0.444. The van der Waals surface area contributed by atoms with Crippen molar-refractivity contribution in [3.05, 3.63) is 36.5 Å². The number of benzene rings is 1. The first kappa shape index (κ1) is 16.7. The highest BCUT2D eigenvalue weighted by Gasteiger charge is 2.22. The predicted octanol–water partition coefficient (Wildman–Crippen LogP) is 0.436. The Balaban J connectivity index is 1.55. The van der Waals surface area contributed by atoms with Crippen molar-refractivity contribution in [1.82, 2.24) is 9.88 Å². The molecule has 1 fully saturated rings. The molecule has 2 unspecified atom stereocenters. The lowest BCUT2D eigenvalue weighted by atomic mass is 9.98. The second kappa shape index (κ2) is 7.59. The summed E-state index contributed by atoms with van der Waals surface area (Å²) in [5, 5.41) is 22.1. The summed E-state index contributed by atoms with van der Waals surface area (Å²) in [5.41, 5.74) is 0.845. The number of aromatic nitrogens is 1. The minimum absolute atomic E-state index is 0.153. The standard InChI is InChI=1S/C18H22N2O4/c21-14(11-20-9-3-4-13(10-20)18(22)23)12-24-17-7-1-6-16-15(17)5-2-8-19-16/h1-2,5-8,13-14,21H,3-4,9-12H2,(H,22,23)/p-1. The number of carbonyl (C=O) groups excluding carboxylic acids is 1. The monoisotopic (exact) mass is 329 g/mol. The average Bonchev–Trinajstić information content (AvgIpc) is 2.60. The molecule has 2 heterocycles. The number of hydrogen-bond acceptors (Lipinski definition) is 6. The van der Waals surface area contributed by atoms with E-state index < -0.39 is 18.0 Å². The molecule has 2 atom stereocenters. The van der Waals surface area contributed by atoms with Gasteiger partial charge in [0.25, 0.3) is 0 Å². The number of nitrogens with zero attached hydrogens (tertiary/aromatic N) is 2. The van der Waals surface area contributed by atoms with Crippen molar-refractivity contribution in [2.75, 3.05) is 26.2 Å². The van der Waals surface area contributed by atoms with Gasteiger partial charge in [-0.25, -0.2) is 0 Å². The van der Waals surface area contributed by atoms with Crippen LogP contribution in [0.1, 0.15) is 12.8 Å². The van der Waals surface area contributed by atoms with E-state index in [0.717, 1.165) is 23.9 Å². The molecule has 3 rings (SSSR count). The number of ether oxygens (including phenoxy) is 1. The van der Waals surface area contributed by atoms with E-state index in [-0.39, 0.29) is 6.61 Å². The lowest BCUT2D eigenvalue weighted by molar-refractivity contribution is -0.312. The molecule has 0 saturated carbocycles. The maximum atomic E-state index is 11.0. The highest BCUT2D eigenvalue weighted by atomic mass is 16.5. The molecule has 128 valence electrons. The van der Waals surface area contributed by atoms with Gasteiger partial charge in [0, 0.05) is 36.6 Å². The van der Waals surface area contributed by atoms with E-state index >= 15 is 0 Å². The molecule has 1 aromatic carbocycles. The summed E-state index contributed by atoms with van der Waals surface area (Å²) in [6, 6.07) is 9.40. The molecule has 0 spiro atoms. The van der Waals surface area contributed by atoms with Crippen LogP contribution in [0, 0.1) is 5.92 Å². The second-order valence-corrected chi connectivity index (χ2v) is 6.21. The molecule has 2 aromatic rings. The maximum absolute atomic E-state index is 11.0. The van der Waals surface area contributed by atoms with Gasteiger partial charge in [-0.3, -0.25) is 9.88 Å². The molecule has 1 saturated heterocycles. The van der Waals surface area contributed by atoms with Gasteiger partial charge in [0.1, 0.15) is 18.5 Å². The zero-order valence-electron chi connectivity index (χ0n) is 13.4. The van der Waals surface area contributed by atoms with Crippen LogP contribution in [-0.4, -0.2) is 53.3 Å². The second-order valence-electron chi connectivity index (χ2n) is 6.21. The number of rotatable bonds is 6. The summed E-state index contributed by atoms with van der Waals surface area (Å²) in [6.45, 7) is 1.77. The van der Waals surface area contributed by atoms with Gasteiger partial charge in [0.05, 0.1) is 5.52 Å². The minimum atomic E-state index is -1.01. The van der Waals surface area contributed by atoms with Gasteiger partial charge < -0.3 is 19.7 Å². The van der Waals surface area contributed by atoms with Crippen LogP contribution in [0.25, 0.3) is 10.9 Å². The average molecular weight is 329 g/mol. The van der Waals surface area contributed by atoms with Crippen molar-refractivity contribution in [2.45, 2.75) is 18.9 Å². The van der Waals surface area contributed by atoms with Crippen LogP contribution >= 0.6 is 0 Å². The zero-order chi connectivity index (χ0) is 16.9. The van der Waals surface area contributed by atoms with Gasteiger partial charge in [-0.15, -0.1) is 0 Å². The summed E-state index contributed by atoms with van der Waals surface area (Å²) in [6.07, 6.45) is 2.50. The third kappa shape index (κ3) is 4.01. The number of hydrogen-bond donors (Lipinski definition) is 1. The topological polar surface area (TPSA) is 85.7 Å². The van der Waals surface area contributed by atoms with Crippen molar-refractivity contribution < 1.29 is 19.7 Å². The molecule has 1 aliphatic heterocycles. The largest absolute Gasteiger partial charge is 0.550 e. The highest BCUT2D eigenvalue weighted by molar-refractivity contribution is 5.84. The summed E-state index contributed by atoms with van der Waals surface area (Å²) in [5.74, 6) is -0.768. The van der Waals surface area contributed by atoms with Crippen molar-refractivity contribution in [2.24, 2.45) is 5.92 Å². The SMILES string of the molecule is O=C([O-])C1CCCN(CC(O)COc2cccc3ncccc23)C1. The minimum Gasteiger partial charge on any atom is -0.550 e. The molecule has 6 heteroatoms. The van der Waals surface area contributed by atoms with Crippen LogP contribution in [0.3, 0.4) is 0 Å². The third-order valence-corrected chi connectivity index (χ3v) is 4.34. The van der Waals surface area contributed by atoms with E-state index in [4.69, 9.17) is 4.74 Å². The van der Waals surface area contributed by atoms with Crippen molar-refractivity contribution >= 4 is 16.9 Å². The molecule has 1 aromatic heterocycles. The molecular formula is C18H21N2O4-. The number of pyridine rings is 1. The van der Waals surface area contributed by atoms with Gasteiger partial charge in [0.2, 0.25) is 0 Å². The number of aliphatic hydroxyl groups excluding tert-OH is 1. The van der Waals surface area contributed by atoms with Crippen molar-refractivity contribution in [3.63, 3.8) is 0 Å². The normalized spacial score (nSPS) is 20.0. The number of aliphatic hydroxyl groups is 1. The molecule has 6 nitrogen and oxygen atoms in total. The Kier molecular flexibility index (Phi) is 5.27. The van der Waals surface area contributed by atoms with Gasteiger partial charge in [-0.2, -0.15) is 0 Å². The molecule has 0 amide bonds. The molecule has 1 aliphatic rings. The quantitative estimate of drug-likeness (QED) is 0.827. The number of aliphatic carboxylic acids is 1. The van der Waals surface area contributed by atoms with E-state index in [9.17, 15) is 15.0 Å². The number of carbonyl (C=O) groups is 1. The van der Waals surface area contributed by atoms with Gasteiger partial charge in [-0.05, 0) is 43.7 Å². The van der Waals surface area contributed by atoms with Gasteiger partial charge >= 0.3 is 0 Å². The first-order valence-electron chi connectivity index (χ1n) is 8.21. The smallest absolute Gasteiger partial charge is 0.128 e. The number of piperidine rings is 1. The zero-order valence-corrected chi connectivity index (χ0v) is 13.4. The molecular weight excluding hydrogens is 308 g/mol. The Hall–Kier alpha value is -2.18. The van der Waals surface area contributed by atoms with Gasteiger partial charge in [-0.1, -0.05) is 6.07 Å². The van der Waals surface area contributed by atoms with E-state index in [1.807, 2.05) is 35.2 Å². The first-order chi connectivity index (χ1) is 11.6. The Morgan fingerprint density at radius 2 is 2.29 bits per heavy atom. The Bertz CT molecular complexity index is 701. The van der Waals surface area contributed by atoms with E-state index in [1.165, 1.54) is 0 Å². The lowest BCUT2D eigenvalue weighted by Gasteiger charge is -2.34. The fourth-order valence-electron chi connectivity index (χ4n) is 3.15. The Morgan fingerprint density at radius 1 is 1.42 bits per heavy atom. The summed E-state index contributed by atoms with van der Waals surface area (Å²) >= 11 is 0. The summed E-state index contributed by atoms with van der Waals surface area (Å²) in [7, 11) is 0. The Labute approximate surface area is 140 Å². The number of carboxylic acid groups (broad SMARTS) is 1. The van der Waals surface area contributed by atoms with E-state index in [1.54, 1.807) is 6.20 Å². The summed E-state index contributed by atoms with van der Waals surface area (Å²) < 4.78 is 5.75.